The molecule has 1 aromatic rings. The van der Waals surface area contributed by atoms with Gasteiger partial charge in [0, 0.05) is 6.42 Å². The van der Waals surface area contributed by atoms with Crippen LogP contribution in [0, 0.1) is 20.8 Å². The lowest BCUT2D eigenvalue weighted by atomic mass is 9.77. The third kappa shape index (κ3) is 3.06. The molecule has 0 spiro atoms. The summed E-state index contributed by atoms with van der Waals surface area (Å²) in [5.41, 5.74) is 10.6. The maximum absolute atomic E-state index is 12.6. The van der Waals surface area contributed by atoms with Gasteiger partial charge in [-0.05, 0) is 50.3 Å². The van der Waals surface area contributed by atoms with Gasteiger partial charge in [0.2, 0.25) is 0 Å². The SMILES string of the molecule is Cc1cc(C)c(CC(=O)C2(N)CCCCC2)c(C)c1. The van der Waals surface area contributed by atoms with Crippen molar-refractivity contribution in [2.24, 2.45) is 5.73 Å². The lowest BCUT2D eigenvalue weighted by Gasteiger charge is -2.32. The van der Waals surface area contributed by atoms with Crippen LogP contribution in [0.5, 0.6) is 0 Å². The molecule has 0 heterocycles. The maximum atomic E-state index is 12.6. The summed E-state index contributed by atoms with van der Waals surface area (Å²) < 4.78 is 0. The minimum absolute atomic E-state index is 0.224. The van der Waals surface area contributed by atoms with Crippen LogP contribution in [-0.4, -0.2) is 11.3 Å². The average Bonchev–Trinajstić information content (AvgIpc) is 2.34. The molecule has 2 nitrogen and oxygen atoms in total. The van der Waals surface area contributed by atoms with Gasteiger partial charge in [0.05, 0.1) is 5.54 Å². The zero-order valence-corrected chi connectivity index (χ0v) is 12.4. The summed E-state index contributed by atoms with van der Waals surface area (Å²) >= 11 is 0. The lowest BCUT2D eigenvalue weighted by Crippen LogP contribution is -2.50. The highest BCUT2D eigenvalue weighted by atomic mass is 16.1. The van der Waals surface area contributed by atoms with Crippen LogP contribution in [0.25, 0.3) is 0 Å². The van der Waals surface area contributed by atoms with Crippen molar-refractivity contribution < 1.29 is 4.79 Å². The van der Waals surface area contributed by atoms with Gasteiger partial charge in [0.25, 0.3) is 0 Å². The molecule has 0 saturated heterocycles. The molecule has 0 amide bonds. The van der Waals surface area contributed by atoms with E-state index in [0.29, 0.717) is 6.42 Å². The standard InChI is InChI=1S/C17H25NO/c1-12-9-13(2)15(14(3)10-12)11-16(19)17(18)7-5-4-6-8-17/h9-10H,4-8,11,18H2,1-3H3. The molecule has 1 aromatic carbocycles. The van der Waals surface area contributed by atoms with Gasteiger partial charge < -0.3 is 5.73 Å². The molecule has 104 valence electrons. The van der Waals surface area contributed by atoms with E-state index in [2.05, 4.69) is 32.9 Å². The van der Waals surface area contributed by atoms with Gasteiger partial charge in [-0.3, -0.25) is 4.79 Å². The van der Waals surface area contributed by atoms with Gasteiger partial charge in [-0.2, -0.15) is 0 Å². The van der Waals surface area contributed by atoms with Crippen molar-refractivity contribution in [2.75, 3.05) is 0 Å². The van der Waals surface area contributed by atoms with Crippen molar-refractivity contribution in [1.82, 2.24) is 0 Å². The fourth-order valence-corrected chi connectivity index (χ4v) is 3.29. The first-order chi connectivity index (χ1) is 8.92. The minimum atomic E-state index is -0.567. The molecular weight excluding hydrogens is 234 g/mol. The molecule has 0 atom stereocenters. The molecule has 1 aliphatic rings. The summed E-state index contributed by atoms with van der Waals surface area (Å²) in [4.78, 5) is 12.6. The van der Waals surface area contributed by atoms with Crippen molar-refractivity contribution in [3.05, 3.63) is 34.4 Å². The van der Waals surface area contributed by atoms with E-state index in [1.165, 1.54) is 28.7 Å². The van der Waals surface area contributed by atoms with Gasteiger partial charge >= 0.3 is 0 Å². The largest absolute Gasteiger partial charge is 0.319 e. The number of carbonyl (C=O) groups is 1. The van der Waals surface area contributed by atoms with Crippen LogP contribution in [0.3, 0.4) is 0 Å². The van der Waals surface area contributed by atoms with Gasteiger partial charge in [0.1, 0.15) is 0 Å². The molecule has 0 unspecified atom stereocenters. The molecule has 0 bridgehead atoms. The fourth-order valence-electron chi connectivity index (χ4n) is 3.29. The Morgan fingerprint density at radius 2 is 1.63 bits per heavy atom. The zero-order valence-electron chi connectivity index (χ0n) is 12.4. The van der Waals surface area contributed by atoms with E-state index in [1.54, 1.807) is 0 Å². The van der Waals surface area contributed by atoms with Crippen LogP contribution < -0.4 is 5.73 Å². The highest BCUT2D eigenvalue weighted by Crippen LogP contribution is 2.29. The van der Waals surface area contributed by atoms with E-state index in [0.717, 1.165) is 25.7 Å². The predicted molar refractivity (Wildman–Crippen MR) is 79.4 cm³/mol. The van der Waals surface area contributed by atoms with Crippen molar-refractivity contribution in [2.45, 2.75) is 64.8 Å². The number of aryl methyl sites for hydroxylation is 3. The highest BCUT2D eigenvalue weighted by molar-refractivity contribution is 5.90. The van der Waals surface area contributed by atoms with E-state index in [1.807, 2.05) is 0 Å². The van der Waals surface area contributed by atoms with Crippen molar-refractivity contribution in [3.63, 3.8) is 0 Å². The van der Waals surface area contributed by atoms with Crippen molar-refractivity contribution in [1.29, 1.82) is 0 Å². The monoisotopic (exact) mass is 259 g/mol. The number of benzene rings is 1. The molecule has 19 heavy (non-hydrogen) atoms. The second kappa shape index (κ2) is 5.46. The topological polar surface area (TPSA) is 43.1 Å². The Balaban J connectivity index is 2.19. The Kier molecular flexibility index (Phi) is 4.10. The number of hydrogen-bond acceptors (Lipinski definition) is 2. The molecule has 1 fully saturated rings. The van der Waals surface area contributed by atoms with Gasteiger partial charge in [-0.1, -0.05) is 37.0 Å². The first-order valence-electron chi connectivity index (χ1n) is 7.31. The smallest absolute Gasteiger partial charge is 0.157 e. The minimum Gasteiger partial charge on any atom is -0.319 e. The van der Waals surface area contributed by atoms with E-state index < -0.39 is 5.54 Å². The van der Waals surface area contributed by atoms with Crippen LogP contribution in [0.15, 0.2) is 12.1 Å². The van der Waals surface area contributed by atoms with Crippen LogP contribution in [0.1, 0.15) is 54.4 Å². The van der Waals surface area contributed by atoms with E-state index >= 15 is 0 Å². The third-order valence-corrected chi connectivity index (χ3v) is 4.48. The van der Waals surface area contributed by atoms with E-state index in [9.17, 15) is 4.79 Å². The van der Waals surface area contributed by atoms with Crippen molar-refractivity contribution >= 4 is 5.78 Å². The maximum Gasteiger partial charge on any atom is 0.157 e. The number of nitrogens with two attached hydrogens (primary N) is 1. The normalized spacial score (nSPS) is 18.3. The zero-order chi connectivity index (χ0) is 14.0. The molecule has 2 rings (SSSR count). The fraction of sp³-hybridized carbons (Fsp3) is 0.588. The Hall–Kier alpha value is -1.15. The third-order valence-electron chi connectivity index (χ3n) is 4.48. The Morgan fingerprint density at radius 1 is 1.11 bits per heavy atom. The van der Waals surface area contributed by atoms with Crippen LogP contribution in [0.2, 0.25) is 0 Å². The van der Waals surface area contributed by atoms with Crippen LogP contribution in [0.4, 0.5) is 0 Å². The molecule has 2 N–H and O–H groups in total. The molecule has 1 aliphatic carbocycles. The second-order valence-electron chi connectivity index (χ2n) is 6.19. The lowest BCUT2D eigenvalue weighted by molar-refractivity contribution is -0.124. The number of rotatable bonds is 3. The molecule has 0 aliphatic heterocycles. The van der Waals surface area contributed by atoms with Crippen molar-refractivity contribution in [3.8, 4) is 0 Å². The van der Waals surface area contributed by atoms with E-state index in [4.69, 9.17) is 5.73 Å². The Bertz CT molecular complexity index is 461. The number of ketones is 1. The first-order valence-corrected chi connectivity index (χ1v) is 7.31. The summed E-state index contributed by atoms with van der Waals surface area (Å²) in [6, 6.07) is 4.30. The summed E-state index contributed by atoms with van der Waals surface area (Å²) in [5.74, 6) is 0.224. The van der Waals surface area contributed by atoms with Gasteiger partial charge in [-0.15, -0.1) is 0 Å². The highest BCUT2D eigenvalue weighted by Gasteiger charge is 2.35. The quantitative estimate of drug-likeness (QED) is 0.904. The van der Waals surface area contributed by atoms with Gasteiger partial charge in [0.15, 0.2) is 5.78 Å². The van der Waals surface area contributed by atoms with Crippen LogP contribution in [-0.2, 0) is 11.2 Å². The number of carbonyl (C=O) groups excluding carboxylic acids is 1. The molecule has 0 radical (unpaired) electrons. The second-order valence-corrected chi connectivity index (χ2v) is 6.19. The summed E-state index contributed by atoms with van der Waals surface area (Å²) in [6.45, 7) is 6.27. The van der Waals surface area contributed by atoms with Crippen LogP contribution >= 0.6 is 0 Å². The number of Topliss-reactive ketones (excluding diaryl/α,β-unsaturated/α-hetero) is 1. The molecular formula is C17H25NO. The Morgan fingerprint density at radius 3 is 2.16 bits per heavy atom. The predicted octanol–water partition coefficient (Wildman–Crippen LogP) is 3.39. The summed E-state index contributed by atoms with van der Waals surface area (Å²) in [5, 5.41) is 0. The molecule has 0 aromatic heterocycles. The van der Waals surface area contributed by atoms with Gasteiger partial charge in [-0.25, -0.2) is 0 Å². The molecule has 1 saturated carbocycles. The summed E-state index contributed by atoms with van der Waals surface area (Å²) in [7, 11) is 0. The Labute approximate surface area is 116 Å². The van der Waals surface area contributed by atoms with E-state index in [-0.39, 0.29) is 5.78 Å². The number of hydrogen-bond donors (Lipinski definition) is 1. The summed E-state index contributed by atoms with van der Waals surface area (Å²) in [6.07, 6.45) is 5.61. The molecule has 2 heteroatoms. The first kappa shape index (κ1) is 14.3. The average molecular weight is 259 g/mol.